The summed E-state index contributed by atoms with van der Waals surface area (Å²) >= 11 is 0. The molecule has 1 saturated heterocycles. The second-order valence-electron chi connectivity index (χ2n) is 14.7. The molecule has 1 saturated carbocycles. The van der Waals surface area contributed by atoms with Gasteiger partial charge < -0.3 is 14.7 Å². The van der Waals surface area contributed by atoms with Crippen LogP contribution >= 0.6 is 0 Å². The van der Waals surface area contributed by atoms with E-state index < -0.39 is 45.8 Å². The Morgan fingerprint density at radius 1 is 1.11 bits per heavy atom. The number of alkyl halides is 3. The number of amides is 1. The van der Waals surface area contributed by atoms with E-state index in [-0.39, 0.29) is 57.1 Å². The van der Waals surface area contributed by atoms with Crippen molar-refractivity contribution in [1.82, 2.24) is 19.5 Å². The Kier molecular flexibility index (Phi) is 8.69. The summed E-state index contributed by atoms with van der Waals surface area (Å²) in [5, 5.41) is 14.2. The number of aliphatic hydroxyl groups is 1. The number of anilines is 1. The Hall–Kier alpha value is -3.33. The van der Waals surface area contributed by atoms with E-state index in [9.17, 15) is 31.5 Å². The van der Waals surface area contributed by atoms with E-state index in [0.717, 1.165) is 0 Å². The smallest absolute Gasteiger partial charge is 0.397 e. The van der Waals surface area contributed by atoms with E-state index in [1.807, 2.05) is 4.90 Å². The number of carbonyl (C=O) groups excluding carboxylic acids is 1. The highest BCUT2D eigenvalue weighted by molar-refractivity contribution is 7.90. The van der Waals surface area contributed by atoms with Gasteiger partial charge in [0.2, 0.25) is 5.88 Å². The molecule has 1 aromatic carbocycles. The summed E-state index contributed by atoms with van der Waals surface area (Å²) in [6, 6.07) is 12.0. The number of aromatic nitrogens is 3. The van der Waals surface area contributed by atoms with Crippen LogP contribution in [0.15, 0.2) is 59.6 Å². The number of nitrogens with one attached hydrogen (secondary N) is 1. The summed E-state index contributed by atoms with van der Waals surface area (Å²) in [6.45, 7) is 4.07. The third-order valence-electron chi connectivity index (χ3n) is 10.4. The number of carbonyl (C=O) groups is 1. The van der Waals surface area contributed by atoms with Crippen LogP contribution in [-0.4, -0.2) is 104 Å². The van der Waals surface area contributed by atoms with Crippen molar-refractivity contribution in [2.24, 2.45) is 11.3 Å². The quantitative estimate of drug-likeness (QED) is 0.265. The third-order valence-corrected chi connectivity index (χ3v) is 11.7. The van der Waals surface area contributed by atoms with E-state index in [2.05, 4.69) is 62.9 Å². The lowest BCUT2D eigenvalue weighted by molar-refractivity contribution is -0.217. The SMILES string of the molecule is BC(B)(B)[C@@H]1CN(c2nc(-n3ccc(OCC(O)C4(C(F)(F)F)CC4)n3)ccc2C(=O)NS(=O)(=O)c2ccccc2)C(C)(C)C1(B)B. The van der Waals surface area contributed by atoms with Gasteiger partial charge in [-0.1, -0.05) is 23.4 Å². The average Bonchev–Trinajstić information content (AvgIpc) is 3.62. The van der Waals surface area contributed by atoms with Gasteiger partial charge >= 0.3 is 6.18 Å². The van der Waals surface area contributed by atoms with Crippen LogP contribution in [0, 0.1) is 11.3 Å². The number of nitrogens with zero attached hydrogens (tertiary/aromatic N) is 4. The van der Waals surface area contributed by atoms with Crippen LogP contribution in [0.2, 0.25) is 10.3 Å². The van der Waals surface area contributed by atoms with Gasteiger partial charge in [0.1, 0.15) is 34.2 Å². The minimum atomic E-state index is -4.53. The highest BCUT2D eigenvalue weighted by atomic mass is 32.2. The predicted octanol–water partition coefficient (Wildman–Crippen LogP) is -0.962. The van der Waals surface area contributed by atoms with Gasteiger partial charge in [-0.15, -0.1) is 10.2 Å². The number of hydrogen-bond donors (Lipinski definition) is 2. The van der Waals surface area contributed by atoms with Crippen molar-refractivity contribution >= 4 is 61.0 Å². The van der Waals surface area contributed by atoms with Crippen molar-refractivity contribution in [3.05, 3.63) is 60.3 Å². The van der Waals surface area contributed by atoms with Crippen LogP contribution in [0.1, 0.15) is 37.0 Å². The zero-order valence-corrected chi connectivity index (χ0v) is 28.4. The molecular weight excluding hydrogens is 629 g/mol. The molecule has 2 N–H and O–H groups in total. The number of sulfonamides is 1. The first-order valence-electron chi connectivity index (χ1n) is 15.5. The number of rotatable bonds is 10. The van der Waals surface area contributed by atoms with Gasteiger partial charge in [0.25, 0.3) is 15.9 Å². The third kappa shape index (κ3) is 6.32. The summed E-state index contributed by atoms with van der Waals surface area (Å²) in [6.07, 6.45) is -5.09. The Labute approximate surface area is 277 Å². The van der Waals surface area contributed by atoms with Gasteiger partial charge in [-0.05, 0) is 56.9 Å². The van der Waals surface area contributed by atoms with Crippen molar-refractivity contribution in [3.63, 3.8) is 0 Å². The normalized spacial score (nSPS) is 20.8. The molecule has 47 heavy (non-hydrogen) atoms. The fourth-order valence-corrected chi connectivity index (χ4v) is 7.67. The van der Waals surface area contributed by atoms with E-state index in [1.165, 1.54) is 41.2 Å². The molecule has 5 rings (SSSR count). The van der Waals surface area contributed by atoms with E-state index in [1.54, 1.807) is 18.2 Å². The van der Waals surface area contributed by atoms with E-state index in [0.29, 0.717) is 6.54 Å². The highest BCUT2D eigenvalue weighted by Crippen LogP contribution is 2.60. The van der Waals surface area contributed by atoms with Crippen molar-refractivity contribution in [2.75, 3.05) is 18.1 Å². The molecule has 2 aromatic heterocycles. The van der Waals surface area contributed by atoms with Gasteiger partial charge in [0, 0.05) is 24.3 Å². The lowest BCUT2D eigenvalue weighted by Crippen LogP contribution is -2.49. The molecule has 3 aromatic rings. The van der Waals surface area contributed by atoms with Crippen molar-refractivity contribution < 1.29 is 36.2 Å². The van der Waals surface area contributed by atoms with Gasteiger partial charge in [0.05, 0.1) is 39.4 Å². The lowest BCUT2D eigenvalue weighted by Gasteiger charge is -2.46. The topological polar surface area (TPSA) is 127 Å². The molecule has 1 aliphatic heterocycles. The molecule has 2 fully saturated rings. The maximum atomic E-state index is 13.7. The second kappa shape index (κ2) is 11.7. The number of ether oxygens (including phenoxy) is 1. The average molecular weight is 667 g/mol. The molecule has 3 heterocycles. The predicted molar refractivity (Wildman–Crippen MR) is 185 cm³/mol. The fourth-order valence-electron chi connectivity index (χ4n) is 6.68. The molecule has 1 amide bonds. The summed E-state index contributed by atoms with van der Waals surface area (Å²) < 4.78 is 75.4. The Morgan fingerprint density at radius 3 is 2.30 bits per heavy atom. The van der Waals surface area contributed by atoms with Gasteiger partial charge in [-0.25, -0.2) is 22.8 Å². The first kappa shape index (κ1) is 35.0. The molecule has 0 bridgehead atoms. The first-order valence-corrected chi connectivity index (χ1v) is 16.9. The Balaban J connectivity index is 1.49. The van der Waals surface area contributed by atoms with Gasteiger partial charge in [-0.2, -0.15) is 13.2 Å². The van der Waals surface area contributed by atoms with Gasteiger partial charge in [0.15, 0.2) is 5.82 Å². The molecule has 2 aliphatic rings. The largest absolute Gasteiger partial charge is 0.474 e. The molecule has 1 aliphatic carbocycles. The Morgan fingerprint density at radius 2 is 1.74 bits per heavy atom. The monoisotopic (exact) mass is 667 g/mol. The summed E-state index contributed by atoms with van der Waals surface area (Å²) in [5.74, 6) is -0.201. The maximum absolute atomic E-state index is 13.7. The van der Waals surface area contributed by atoms with Crippen LogP contribution in [0.25, 0.3) is 5.82 Å². The number of hydrogen-bond acceptors (Lipinski definition) is 8. The van der Waals surface area contributed by atoms with Crippen LogP contribution in [0.4, 0.5) is 19.0 Å². The molecule has 10 nitrogen and oxygen atoms in total. The zero-order chi connectivity index (χ0) is 34.8. The zero-order valence-electron chi connectivity index (χ0n) is 27.6. The molecule has 0 spiro atoms. The van der Waals surface area contributed by atoms with Crippen LogP contribution < -0.4 is 14.4 Å². The number of benzene rings is 1. The van der Waals surface area contributed by atoms with Crippen molar-refractivity contribution in [2.45, 2.75) is 59.7 Å². The van der Waals surface area contributed by atoms with E-state index in [4.69, 9.17) is 9.72 Å². The highest BCUT2D eigenvalue weighted by Gasteiger charge is 2.67. The van der Waals surface area contributed by atoms with Crippen LogP contribution in [-0.2, 0) is 10.0 Å². The molecule has 246 valence electrons. The van der Waals surface area contributed by atoms with Crippen molar-refractivity contribution in [1.29, 1.82) is 0 Å². The van der Waals surface area contributed by atoms with Crippen LogP contribution in [0.3, 0.4) is 0 Å². The summed E-state index contributed by atoms with van der Waals surface area (Å²) in [4.78, 5) is 20.5. The summed E-state index contributed by atoms with van der Waals surface area (Å²) in [5.41, 5.74) is -2.66. The van der Waals surface area contributed by atoms with Crippen molar-refractivity contribution in [3.8, 4) is 11.7 Å². The first-order chi connectivity index (χ1) is 21.6. The molecule has 0 radical (unpaired) electrons. The minimum absolute atomic E-state index is 0.0171. The molecule has 2 atom stereocenters. The molecule has 1 unspecified atom stereocenters. The van der Waals surface area contributed by atoms with E-state index >= 15 is 0 Å². The lowest BCUT2D eigenvalue weighted by atomic mass is 9.28. The van der Waals surface area contributed by atoms with Gasteiger partial charge in [-0.3, -0.25) is 4.79 Å². The minimum Gasteiger partial charge on any atom is -0.474 e. The maximum Gasteiger partial charge on any atom is 0.397 e. The summed E-state index contributed by atoms with van der Waals surface area (Å²) in [7, 11) is 6.62. The van der Waals surface area contributed by atoms with Crippen LogP contribution in [0.5, 0.6) is 5.88 Å². The number of pyridine rings is 1. The second-order valence-corrected chi connectivity index (χ2v) is 16.4. The fraction of sp³-hybridized carbons (Fsp3) is 0.464. The Bertz CT molecular complexity index is 1770. The number of halogens is 3. The number of aliphatic hydroxyl groups excluding tert-OH is 1. The molecule has 19 heteroatoms. The standard InChI is InChI=1S/C28H37B5F3N5O5S/c1-24(2)26(29,30)18(27(31,32)33)14-40(24)22-17(23(43)39-47(44,45)16-6-4-3-5-7-16)8-9-20(37-22)41-13-10-21(38-41)46-15-19(42)25(11-12-25)28(34,35)36/h3-10,13,18-19,42H,11-12,14-15,29-33H2,1-2H3,(H,39,43)/t18-,19?/m1/s1. The molecular formula is C28H37B5F3N5O5S.